The Balaban J connectivity index is 1.92. The quantitative estimate of drug-likeness (QED) is 0.908. The van der Waals surface area contributed by atoms with Crippen LogP contribution in [0.4, 0.5) is 5.69 Å². The third kappa shape index (κ3) is 4.28. The van der Waals surface area contributed by atoms with Crippen molar-refractivity contribution in [2.75, 3.05) is 45.2 Å². The van der Waals surface area contributed by atoms with Crippen LogP contribution in [0, 0.1) is 6.92 Å². The molecule has 6 nitrogen and oxygen atoms in total. The van der Waals surface area contributed by atoms with Gasteiger partial charge in [-0.25, -0.2) is 0 Å². The van der Waals surface area contributed by atoms with E-state index in [1.54, 1.807) is 29.9 Å². The molecule has 2 amide bonds. The standard InChI is InChI=1S/C16H22ClN3O3/c1-11-8-14(15(23-3)9-13(11)17)18-10-16(22)20-6-4-19(5-7-20)12(2)21/h8-9,18H,4-7,10H2,1-3H3. The highest BCUT2D eigenvalue weighted by molar-refractivity contribution is 6.31. The molecular weight excluding hydrogens is 318 g/mol. The number of rotatable bonds is 4. The molecule has 1 heterocycles. The molecule has 0 saturated carbocycles. The van der Waals surface area contributed by atoms with Crippen LogP contribution in [0.15, 0.2) is 12.1 Å². The first-order valence-corrected chi connectivity index (χ1v) is 7.91. The molecule has 0 aromatic heterocycles. The summed E-state index contributed by atoms with van der Waals surface area (Å²) in [6.07, 6.45) is 0. The number of ether oxygens (including phenoxy) is 1. The van der Waals surface area contributed by atoms with Gasteiger partial charge in [0.1, 0.15) is 5.75 Å². The van der Waals surface area contributed by atoms with E-state index in [4.69, 9.17) is 16.3 Å². The fraction of sp³-hybridized carbons (Fsp3) is 0.500. The Kier molecular flexibility index (Phi) is 5.71. The van der Waals surface area contributed by atoms with Gasteiger partial charge in [0.2, 0.25) is 11.8 Å². The fourth-order valence-electron chi connectivity index (χ4n) is 2.52. The van der Waals surface area contributed by atoms with Gasteiger partial charge in [-0.3, -0.25) is 9.59 Å². The van der Waals surface area contributed by atoms with E-state index in [0.717, 1.165) is 11.3 Å². The second-order valence-electron chi connectivity index (χ2n) is 5.54. The molecular formula is C16H22ClN3O3. The predicted molar refractivity (Wildman–Crippen MR) is 90.1 cm³/mol. The molecule has 1 N–H and O–H groups in total. The molecule has 1 fully saturated rings. The summed E-state index contributed by atoms with van der Waals surface area (Å²) in [4.78, 5) is 27.1. The molecule has 0 aliphatic carbocycles. The first-order valence-electron chi connectivity index (χ1n) is 7.53. The number of carbonyl (C=O) groups is 2. The maximum Gasteiger partial charge on any atom is 0.241 e. The topological polar surface area (TPSA) is 61.9 Å². The van der Waals surface area contributed by atoms with E-state index in [0.29, 0.717) is 37.0 Å². The Morgan fingerprint density at radius 1 is 1.22 bits per heavy atom. The van der Waals surface area contributed by atoms with Gasteiger partial charge in [0.05, 0.1) is 19.3 Å². The Morgan fingerprint density at radius 2 is 1.83 bits per heavy atom. The van der Waals surface area contributed by atoms with Crippen molar-refractivity contribution >= 4 is 29.1 Å². The highest BCUT2D eigenvalue weighted by atomic mass is 35.5. The van der Waals surface area contributed by atoms with E-state index >= 15 is 0 Å². The lowest BCUT2D eigenvalue weighted by atomic mass is 10.2. The molecule has 1 aromatic carbocycles. The number of nitrogens with one attached hydrogen (secondary N) is 1. The number of piperazine rings is 1. The zero-order chi connectivity index (χ0) is 17.0. The van der Waals surface area contributed by atoms with Crippen molar-refractivity contribution in [1.82, 2.24) is 9.80 Å². The van der Waals surface area contributed by atoms with Gasteiger partial charge >= 0.3 is 0 Å². The Bertz CT molecular complexity index is 598. The average Bonchev–Trinajstić information content (AvgIpc) is 2.55. The third-order valence-corrected chi connectivity index (χ3v) is 4.40. The highest BCUT2D eigenvalue weighted by Gasteiger charge is 2.22. The van der Waals surface area contributed by atoms with Crippen molar-refractivity contribution in [2.24, 2.45) is 0 Å². The number of hydrogen-bond donors (Lipinski definition) is 1. The number of halogens is 1. The smallest absolute Gasteiger partial charge is 0.241 e. The molecule has 0 bridgehead atoms. The number of carbonyl (C=O) groups excluding carboxylic acids is 2. The number of amides is 2. The Morgan fingerprint density at radius 3 is 2.39 bits per heavy atom. The summed E-state index contributed by atoms with van der Waals surface area (Å²) in [7, 11) is 1.56. The van der Waals surface area contributed by atoms with Gasteiger partial charge in [-0.1, -0.05) is 11.6 Å². The summed E-state index contributed by atoms with van der Waals surface area (Å²) in [6, 6.07) is 3.59. The second kappa shape index (κ2) is 7.55. The van der Waals surface area contributed by atoms with Crippen LogP contribution in [0.1, 0.15) is 12.5 Å². The zero-order valence-corrected chi connectivity index (χ0v) is 14.4. The van der Waals surface area contributed by atoms with Crippen LogP contribution in [0.25, 0.3) is 0 Å². The summed E-state index contributed by atoms with van der Waals surface area (Å²) >= 11 is 6.07. The minimum absolute atomic E-state index is 0.00265. The van der Waals surface area contributed by atoms with Crippen LogP contribution >= 0.6 is 11.6 Å². The molecule has 1 aromatic rings. The molecule has 0 atom stereocenters. The lowest BCUT2D eigenvalue weighted by Gasteiger charge is -2.34. The number of aryl methyl sites for hydroxylation is 1. The van der Waals surface area contributed by atoms with Crippen LogP contribution in [0.2, 0.25) is 5.02 Å². The van der Waals surface area contributed by atoms with E-state index < -0.39 is 0 Å². The van der Waals surface area contributed by atoms with Gasteiger partial charge in [0, 0.05) is 44.2 Å². The van der Waals surface area contributed by atoms with Crippen molar-refractivity contribution in [3.05, 3.63) is 22.7 Å². The molecule has 1 aliphatic heterocycles. The minimum Gasteiger partial charge on any atom is -0.495 e. The van der Waals surface area contributed by atoms with Gasteiger partial charge in [0.25, 0.3) is 0 Å². The van der Waals surface area contributed by atoms with Crippen molar-refractivity contribution in [1.29, 1.82) is 0 Å². The first-order chi connectivity index (χ1) is 10.9. The number of nitrogens with zero attached hydrogens (tertiary/aromatic N) is 2. The molecule has 126 valence electrons. The van der Waals surface area contributed by atoms with Gasteiger partial charge in [-0.2, -0.15) is 0 Å². The molecule has 0 spiro atoms. The molecule has 0 radical (unpaired) electrons. The predicted octanol–water partition coefficient (Wildman–Crippen LogP) is 1.76. The van der Waals surface area contributed by atoms with Crippen molar-refractivity contribution in [2.45, 2.75) is 13.8 Å². The zero-order valence-electron chi connectivity index (χ0n) is 13.7. The maximum atomic E-state index is 12.3. The van der Waals surface area contributed by atoms with E-state index in [2.05, 4.69) is 5.32 Å². The van der Waals surface area contributed by atoms with Crippen molar-refractivity contribution < 1.29 is 14.3 Å². The second-order valence-corrected chi connectivity index (χ2v) is 5.95. The van der Waals surface area contributed by atoms with E-state index in [9.17, 15) is 9.59 Å². The summed E-state index contributed by atoms with van der Waals surface area (Å²) < 4.78 is 5.28. The van der Waals surface area contributed by atoms with Gasteiger partial charge in [-0.05, 0) is 18.6 Å². The monoisotopic (exact) mass is 339 g/mol. The third-order valence-electron chi connectivity index (χ3n) is 3.99. The lowest BCUT2D eigenvalue weighted by Crippen LogP contribution is -2.51. The molecule has 1 saturated heterocycles. The highest BCUT2D eigenvalue weighted by Crippen LogP contribution is 2.30. The van der Waals surface area contributed by atoms with Gasteiger partial charge < -0.3 is 19.9 Å². The molecule has 7 heteroatoms. The largest absolute Gasteiger partial charge is 0.495 e. The van der Waals surface area contributed by atoms with Crippen molar-refractivity contribution in [3.63, 3.8) is 0 Å². The number of methoxy groups -OCH3 is 1. The van der Waals surface area contributed by atoms with E-state index in [1.807, 2.05) is 13.0 Å². The normalized spacial score (nSPS) is 14.6. The van der Waals surface area contributed by atoms with Crippen LogP contribution in [-0.2, 0) is 9.59 Å². The first kappa shape index (κ1) is 17.4. The molecule has 2 rings (SSSR count). The molecule has 23 heavy (non-hydrogen) atoms. The van der Waals surface area contributed by atoms with Crippen molar-refractivity contribution in [3.8, 4) is 5.75 Å². The summed E-state index contributed by atoms with van der Waals surface area (Å²) in [5, 5.41) is 3.73. The summed E-state index contributed by atoms with van der Waals surface area (Å²) in [5.74, 6) is 0.661. The number of anilines is 1. The van der Waals surface area contributed by atoms with E-state index in [1.165, 1.54) is 0 Å². The average molecular weight is 340 g/mol. The SMILES string of the molecule is COc1cc(Cl)c(C)cc1NCC(=O)N1CCN(C(C)=O)CC1. The van der Waals surface area contributed by atoms with Gasteiger partial charge in [0.15, 0.2) is 0 Å². The molecule has 1 aliphatic rings. The molecule has 0 unspecified atom stereocenters. The maximum absolute atomic E-state index is 12.3. The summed E-state index contributed by atoms with van der Waals surface area (Å²) in [6.45, 7) is 5.93. The minimum atomic E-state index is 0.00265. The van der Waals surface area contributed by atoms with E-state index in [-0.39, 0.29) is 18.4 Å². The van der Waals surface area contributed by atoms with Crippen LogP contribution in [0.3, 0.4) is 0 Å². The summed E-state index contributed by atoms with van der Waals surface area (Å²) in [5.41, 5.74) is 1.66. The lowest BCUT2D eigenvalue weighted by molar-refractivity contribution is -0.137. The van der Waals surface area contributed by atoms with Crippen LogP contribution in [-0.4, -0.2) is 61.4 Å². The number of benzene rings is 1. The number of hydrogen-bond acceptors (Lipinski definition) is 4. The van der Waals surface area contributed by atoms with Crippen LogP contribution in [0.5, 0.6) is 5.75 Å². The fourth-order valence-corrected chi connectivity index (χ4v) is 2.68. The Hall–Kier alpha value is -1.95. The van der Waals surface area contributed by atoms with Crippen LogP contribution < -0.4 is 10.1 Å². The Labute approximate surface area is 141 Å². The van der Waals surface area contributed by atoms with Gasteiger partial charge in [-0.15, -0.1) is 0 Å².